The maximum Gasteiger partial charge on any atom is 0.0683 e. The van der Waals surface area contributed by atoms with Gasteiger partial charge < -0.3 is 5.32 Å². The highest BCUT2D eigenvalue weighted by Gasteiger charge is 2.20. The Balaban J connectivity index is 2.22. The molecule has 1 N–H and O–H groups in total. The van der Waals surface area contributed by atoms with Crippen molar-refractivity contribution < 1.29 is 0 Å². The highest BCUT2D eigenvalue weighted by molar-refractivity contribution is 4.91. The molecule has 0 saturated carbocycles. The molecule has 1 rings (SSSR count). The molecule has 1 atom stereocenters. The highest BCUT2D eigenvalue weighted by atomic mass is 15.2. The summed E-state index contributed by atoms with van der Waals surface area (Å²) >= 11 is 0. The molecule has 3 heteroatoms. The summed E-state index contributed by atoms with van der Waals surface area (Å²) in [6.07, 6.45) is 2.13. The maximum absolute atomic E-state index is 8.91. The van der Waals surface area contributed by atoms with Gasteiger partial charge in [-0.3, -0.25) is 4.90 Å². The topological polar surface area (TPSA) is 39.1 Å². The first-order chi connectivity index (χ1) is 7.05. The van der Waals surface area contributed by atoms with Crippen molar-refractivity contribution in [1.82, 2.24) is 10.2 Å². The molecule has 1 aliphatic rings. The number of nitrogens with zero attached hydrogens (tertiary/aromatic N) is 2. The second-order valence-corrected chi connectivity index (χ2v) is 5.19. The van der Waals surface area contributed by atoms with Crippen LogP contribution in [0.15, 0.2) is 0 Å². The normalized spacial score (nSPS) is 23.7. The van der Waals surface area contributed by atoms with Gasteiger partial charge in [0, 0.05) is 25.7 Å². The van der Waals surface area contributed by atoms with Crippen LogP contribution >= 0.6 is 0 Å². The summed E-state index contributed by atoms with van der Waals surface area (Å²) in [5.41, 5.74) is -0.155. The van der Waals surface area contributed by atoms with Crippen molar-refractivity contribution in [1.29, 1.82) is 5.26 Å². The van der Waals surface area contributed by atoms with Crippen LogP contribution in [0.3, 0.4) is 0 Å². The van der Waals surface area contributed by atoms with Crippen LogP contribution in [0, 0.1) is 16.7 Å². The lowest BCUT2D eigenvalue weighted by Gasteiger charge is -2.34. The van der Waals surface area contributed by atoms with E-state index in [0.29, 0.717) is 6.04 Å². The van der Waals surface area contributed by atoms with Crippen molar-refractivity contribution in [2.24, 2.45) is 5.41 Å². The zero-order valence-electron chi connectivity index (χ0n) is 10.2. The minimum absolute atomic E-state index is 0.155. The molecule has 0 amide bonds. The number of piperazine rings is 1. The average Bonchev–Trinajstić information content (AvgIpc) is 2.21. The maximum atomic E-state index is 8.91. The Kier molecular flexibility index (Phi) is 4.56. The molecule has 0 radical (unpaired) electrons. The fourth-order valence-corrected chi connectivity index (χ4v) is 2.00. The third kappa shape index (κ3) is 4.19. The van der Waals surface area contributed by atoms with Crippen LogP contribution in [0.5, 0.6) is 0 Å². The molecular formula is C12H23N3. The van der Waals surface area contributed by atoms with Gasteiger partial charge in [-0.15, -0.1) is 0 Å². The van der Waals surface area contributed by atoms with E-state index in [4.69, 9.17) is 5.26 Å². The van der Waals surface area contributed by atoms with Crippen LogP contribution in [0.2, 0.25) is 0 Å². The van der Waals surface area contributed by atoms with Gasteiger partial charge >= 0.3 is 0 Å². The predicted octanol–water partition coefficient (Wildman–Crippen LogP) is 1.61. The number of nitrogens with one attached hydrogen (secondary N) is 1. The van der Waals surface area contributed by atoms with Crippen molar-refractivity contribution in [3.63, 3.8) is 0 Å². The molecule has 1 unspecified atom stereocenters. The van der Waals surface area contributed by atoms with Crippen LogP contribution in [-0.4, -0.2) is 37.1 Å². The zero-order chi connectivity index (χ0) is 11.3. The Morgan fingerprint density at radius 2 is 2.27 bits per heavy atom. The zero-order valence-corrected chi connectivity index (χ0v) is 10.2. The van der Waals surface area contributed by atoms with E-state index in [-0.39, 0.29) is 5.41 Å². The average molecular weight is 209 g/mol. The molecule has 86 valence electrons. The Morgan fingerprint density at radius 1 is 1.53 bits per heavy atom. The van der Waals surface area contributed by atoms with Crippen LogP contribution in [-0.2, 0) is 0 Å². The first kappa shape index (κ1) is 12.5. The molecular weight excluding hydrogens is 186 g/mol. The smallest absolute Gasteiger partial charge is 0.0683 e. The summed E-state index contributed by atoms with van der Waals surface area (Å²) in [7, 11) is 0. The fourth-order valence-electron chi connectivity index (χ4n) is 2.00. The lowest BCUT2D eigenvalue weighted by Crippen LogP contribution is -2.50. The van der Waals surface area contributed by atoms with E-state index in [1.165, 1.54) is 0 Å². The Bertz CT molecular complexity index is 230. The third-order valence-corrected chi connectivity index (χ3v) is 3.19. The van der Waals surface area contributed by atoms with Crippen LogP contribution in [0.25, 0.3) is 0 Å². The van der Waals surface area contributed by atoms with E-state index < -0.39 is 0 Å². The first-order valence-electron chi connectivity index (χ1n) is 5.91. The SMILES string of the molecule is CC1CNCCN1CCCC(C)(C)C#N. The second kappa shape index (κ2) is 5.48. The minimum Gasteiger partial charge on any atom is -0.314 e. The molecule has 1 saturated heterocycles. The number of nitriles is 1. The van der Waals surface area contributed by atoms with Crippen LogP contribution in [0.1, 0.15) is 33.6 Å². The van der Waals surface area contributed by atoms with Gasteiger partial charge in [0.15, 0.2) is 0 Å². The number of hydrogen-bond acceptors (Lipinski definition) is 3. The lowest BCUT2D eigenvalue weighted by molar-refractivity contribution is 0.166. The summed E-state index contributed by atoms with van der Waals surface area (Å²) < 4.78 is 0. The van der Waals surface area contributed by atoms with E-state index in [1.807, 2.05) is 13.8 Å². The molecule has 1 aliphatic heterocycles. The quantitative estimate of drug-likeness (QED) is 0.764. The third-order valence-electron chi connectivity index (χ3n) is 3.19. The van der Waals surface area contributed by atoms with Crippen molar-refractivity contribution in [2.75, 3.05) is 26.2 Å². The summed E-state index contributed by atoms with van der Waals surface area (Å²) in [4.78, 5) is 2.52. The van der Waals surface area contributed by atoms with Gasteiger partial charge in [-0.1, -0.05) is 0 Å². The van der Waals surface area contributed by atoms with Gasteiger partial charge in [-0.2, -0.15) is 5.26 Å². The van der Waals surface area contributed by atoms with Crippen LogP contribution < -0.4 is 5.32 Å². The van der Waals surface area contributed by atoms with Crippen molar-refractivity contribution in [3.8, 4) is 6.07 Å². The van der Waals surface area contributed by atoms with Gasteiger partial charge in [0.2, 0.25) is 0 Å². The van der Waals surface area contributed by atoms with E-state index in [1.54, 1.807) is 0 Å². The van der Waals surface area contributed by atoms with Crippen molar-refractivity contribution in [2.45, 2.75) is 39.7 Å². The predicted molar refractivity (Wildman–Crippen MR) is 62.5 cm³/mol. The van der Waals surface area contributed by atoms with Gasteiger partial charge in [-0.25, -0.2) is 0 Å². The largest absolute Gasteiger partial charge is 0.314 e. The Hall–Kier alpha value is -0.590. The summed E-state index contributed by atoms with van der Waals surface area (Å²) in [5, 5.41) is 12.3. The fraction of sp³-hybridized carbons (Fsp3) is 0.917. The van der Waals surface area contributed by atoms with E-state index in [2.05, 4.69) is 23.2 Å². The number of rotatable bonds is 4. The summed E-state index contributed by atoms with van der Waals surface area (Å²) in [6, 6.07) is 3.00. The van der Waals surface area contributed by atoms with Gasteiger partial charge in [0.05, 0.1) is 11.5 Å². The van der Waals surface area contributed by atoms with Crippen molar-refractivity contribution in [3.05, 3.63) is 0 Å². The molecule has 1 fully saturated rings. The molecule has 0 aromatic heterocycles. The van der Waals surface area contributed by atoms with E-state index in [9.17, 15) is 0 Å². The van der Waals surface area contributed by atoms with Gasteiger partial charge in [0.25, 0.3) is 0 Å². The molecule has 0 aliphatic carbocycles. The molecule has 0 aromatic carbocycles. The summed E-state index contributed by atoms with van der Waals surface area (Å²) in [5.74, 6) is 0. The van der Waals surface area contributed by atoms with E-state index >= 15 is 0 Å². The number of hydrogen-bond donors (Lipinski definition) is 1. The molecule has 0 bridgehead atoms. The molecule has 0 spiro atoms. The standard InChI is InChI=1S/C12H23N3/c1-11-9-14-6-8-15(11)7-4-5-12(2,3)10-13/h11,14H,4-9H2,1-3H3. The Labute approximate surface area is 93.5 Å². The molecule has 15 heavy (non-hydrogen) atoms. The summed E-state index contributed by atoms with van der Waals surface area (Å²) in [6.45, 7) is 10.8. The lowest BCUT2D eigenvalue weighted by atomic mass is 9.89. The minimum atomic E-state index is -0.155. The second-order valence-electron chi connectivity index (χ2n) is 5.19. The molecule has 0 aromatic rings. The van der Waals surface area contributed by atoms with Crippen LogP contribution in [0.4, 0.5) is 0 Å². The first-order valence-corrected chi connectivity index (χ1v) is 5.91. The van der Waals surface area contributed by atoms with Gasteiger partial charge in [0.1, 0.15) is 0 Å². The monoisotopic (exact) mass is 209 g/mol. The van der Waals surface area contributed by atoms with Crippen molar-refractivity contribution >= 4 is 0 Å². The highest BCUT2D eigenvalue weighted by Crippen LogP contribution is 2.21. The van der Waals surface area contributed by atoms with Gasteiger partial charge in [-0.05, 0) is 40.2 Å². The Morgan fingerprint density at radius 3 is 2.87 bits per heavy atom. The molecule has 3 nitrogen and oxygen atoms in total. The molecule has 1 heterocycles. The van der Waals surface area contributed by atoms with E-state index in [0.717, 1.165) is 39.0 Å².